The number of nitrogen functional groups attached to an aromatic ring is 1. The number of likely N-dealkylation sites (tertiary alicyclic amines) is 2. The summed E-state index contributed by atoms with van der Waals surface area (Å²) < 4.78 is 20.8. The number of amides is 3. The van der Waals surface area contributed by atoms with Gasteiger partial charge in [0.25, 0.3) is 11.5 Å². The monoisotopic (exact) mass is 559 g/mol. The number of fused-ring (bicyclic) bond motifs is 1. The number of H-pyrrole nitrogens is 1. The van der Waals surface area contributed by atoms with Gasteiger partial charge in [-0.1, -0.05) is 24.3 Å². The van der Waals surface area contributed by atoms with Gasteiger partial charge in [-0.3, -0.25) is 9.59 Å². The smallest absolute Gasteiger partial charge is 0.320 e. The van der Waals surface area contributed by atoms with Crippen LogP contribution in [0.1, 0.15) is 34.8 Å². The fraction of sp³-hybridized carbons (Fsp3) is 0.310. The first-order valence-electron chi connectivity index (χ1n) is 13.5. The van der Waals surface area contributed by atoms with Crippen molar-refractivity contribution in [2.24, 2.45) is 0 Å². The van der Waals surface area contributed by atoms with E-state index in [1.807, 2.05) is 44.8 Å². The largest absolute Gasteiger partial charge is 0.496 e. The molecule has 2 aromatic heterocycles. The van der Waals surface area contributed by atoms with Crippen LogP contribution in [0.25, 0.3) is 22.0 Å². The van der Waals surface area contributed by atoms with Crippen LogP contribution in [0.5, 0.6) is 5.75 Å². The van der Waals surface area contributed by atoms with Crippen molar-refractivity contribution in [2.45, 2.75) is 25.4 Å². The molecule has 0 bridgehead atoms. The van der Waals surface area contributed by atoms with Crippen LogP contribution in [0.15, 0.2) is 53.5 Å². The Morgan fingerprint density at radius 3 is 2.63 bits per heavy atom. The molecule has 2 aromatic carbocycles. The van der Waals surface area contributed by atoms with Crippen molar-refractivity contribution in [1.82, 2.24) is 29.9 Å². The Hall–Kier alpha value is -4.87. The van der Waals surface area contributed by atoms with E-state index < -0.39 is 11.7 Å². The molecule has 0 saturated carbocycles. The van der Waals surface area contributed by atoms with Crippen molar-refractivity contribution in [3.05, 3.63) is 76.0 Å². The lowest BCUT2D eigenvalue weighted by Crippen LogP contribution is -2.49. The number of carbonyl (C=O) groups excluding carboxylic acids is 2. The molecule has 0 unspecified atom stereocenters. The van der Waals surface area contributed by atoms with Gasteiger partial charge in [-0.15, -0.1) is 0 Å². The number of hydrogen-bond donors (Lipinski definition) is 3. The van der Waals surface area contributed by atoms with Gasteiger partial charge in [0.2, 0.25) is 0 Å². The van der Waals surface area contributed by atoms with Crippen molar-refractivity contribution in [3.63, 3.8) is 0 Å². The van der Waals surface area contributed by atoms with Gasteiger partial charge in [0.05, 0.1) is 24.1 Å². The maximum atomic E-state index is 13.7. The minimum Gasteiger partial charge on any atom is -0.496 e. The molecule has 0 radical (unpaired) electrons. The highest BCUT2D eigenvalue weighted by Crippen LogP contribution is 2.36. The van der Waals surface area contributed by atoms with Crippen LogP contribution in [0.4, 0.5) is 15.0 Å². The summed E-state index contributed by atoms with van der Waals surface area (Å²) in [5.41, 5.74) is 8.85. The average molecular weight is 560 g/mol. The summed E-state index contributed by atoms with van der Waals surface area (Å²) >= 11 is 0. The molecule has 4 N–H and O–H groups in total. The van der Waals surface area contributed by atoms with E-state index >= 15 is 0 Å². The van der Waals surface area contributed by atoms with Gasteiger partial charge < -0.3 is 30.2 Å². The first-order chi connectivity index (χ1) is 19.8. The van der Waals surface area contributed by atoms with Crippen molar-refractivity contribution in [1.29, 1.82) is 0 Å². The van der Waals surface area contributed by atoms with Gasteiger partial charge >= 0.3 is 6.03 Å². The van der Waals surface area contributed by atoms with E-state index in [1.165, 1.54) is 19.2 Å². The zero-order chi connectivity index (χ0) is 28.7. The second-order valence-corrected chi connectivity index (χ2v) is 10.3. The van der Waals surface area contributed by atoms with Gasteiger partial charge in [-0.05, 0) is 42.2 Å². The van der Waals surface area contributed by atoms with E-state index in [-0.39, 0.29) is 41.3 Å². The first-order valence-corrected chi connectivity index (χ1v) is 13.5. The van der Waals surface area contributed by atoms with E-state index in [0.717, 1.165) is 48.7 Å². The molecule has 6 rings (SSSR count). The highest BCUT2D eigenvalue weighted by Gasteiger charge is 2.33. The topological polar surface area (TPSA) is 139 Å². The van der Waals surface area contributed by atoms with E-state index in [1.54, 1.807) is 0 Å². The number of rotatable bonds is 6. The normalized spacial score (nSPS) is 16.6. The van der Waals surface area contributed by atoms with E-state index in [4.69, 9.17) is 10.5 Å². The van der Waals surface area contributed by atoms with Crippen molar-refractivity contribution in [2.75, 3.05) is 39.0 Å². The molecule has 4 heterocycles. The van der Waals surface area contributed by atoms with Crippen molar-refractivity contribution in [3.8, 4) is 16.9 Å². The van der Waals surface area contributed by atoms with Crippen LogP contribution >= 0.6 is 0 Å². The Morgan fingerprint density at radius 1 is 1.15 bits per heavy atom. The predicted molar refractivity (Wildman–Crippen MR) is 151 cm³/mol. The molecule has 1 atom stereocenters. The molecule has 12 heteroatoms. The number of urea groups is 1. The highest BCUT2D eigenvalue weighted by atomic mass is 19.1. The SMILES string of the molecule is COc1ccc(F)cc1C(=O)NCc1ccc(-c2cn([C@@H]3CCN(C(=O)N4CCC4)C3)c3c(=O)[nH]nc(N)c23)cc1. The lowest BCUT2D eigenvalue weighted by Gasteiger charge is -2.34. The Bertz CT molecular complexity index is 1690. The molecule has 2 fully saturated rings. The van der Waals surface area contributed by atoms with Crippen molar-refractivity contribution < 1.29 is 18.7 Å². The fourth-order valence-electron chi connectivity index (χ4n) is 5.53. The number of nitrogens with two attached hydrogens (primary N) is 1. The van der Waals surface area contributed by atoms with Crippen LogP contribution in [0.2, 0.25) is 0 Å². The van der Waals surface area contributed by atoms with Crippen LogP contribution in [-0.2, 0) is 6.54 Å². The number of ether oxygens (including phenoxy) is 1. The first kappa shape index (κ1) is 26.4. The number of hydrogen-bond acceptors (Lipinski definition) is 6. The van der Waals surface area contributed by atoms with Gasteiger partial charge in [0.1, 0.15) is 17.1 Å². The molecule has 0 spiro atoms. The number of aromatic nitrogens is 3. The van der Waals surface area contributed by atoms with Gasteiger partial charge in [-0.2, -0.15) is 5.10 Å². The summed E-state index contributed by atoms with van der Waals surface area (Å²) in [6.07, 6.45) is 3.66. The molecule has 4 aromatic rings. The minimum atomic E-state index is -0.528. The lowest BCUT2D eigenvalue weighted by molar-refractivity contribution is 0.0947. The van der Waals surface area contributed by atoms with E-state index in [2.05, 4.69) is 15.5 Å². The minimum absolute atomic E-state index is 0.0454. The summed E-state index contributed by atoms with van der Waals surface area (Å²) in [4.78, 5) is 42.1. The second kappa shape index (κ2) is 10.6. The number of aromatic amines is 1. The zero-order valence-electron chi connectivity index (χ0n) is 22.5. The molecule has 2 saturated heterocycles. The summed E-state index contributed by atoms with van der Waals surface area (Å²) in [5, 5.41) is 9.84. The Kier molecular flexibility index (Phi) is 6.82. The molecule has 41 heavy (non-hydrogen) atoms. The Balaban J connectivity index is 1.24. The molecular weight excluding hydrogens is 529 g/mol. The molecule has 212 valence electrons. The number of anilines is 1. The number of nitrogens with one attached hydrogen (secondary N) is 2. The number of carbonyl (C=O) groups is 2. The predicted octanol–water partition coefficient (Wildman–Crippen LogP) is 3.12. The third kappa shape index (κ3) is 4.85. The fourth-order valence-corrected chi connectivity index (χ4v) is 5.53. The van der Waals surface area contributed by atoms with Crippen molar-refractivity contribution >= 4 is 28.7 Å². The molecule has 2 aliphatic heterocycles. The molecule has 0 aliphatic carbocycles. The van der Waals surface area contributed by atoms with E-state index in [9.17, 15) is 18.8 Å². The Labute approximate surface area is 234 Å². The molecular formula is C29H30FN7O4. The van der Waals surface area contributed by atoms with Crippen LogP contribution in [0, 0.1) is 5.82 Å². The van der Waals surface area contributed by atoms with Gasteiger partial charge in [0, 0.05) is 44.5 Å². The number of nitrogens with zero attached hydrogens (tertiary/aromatic N) is 4. The second-order valence-electron chi connectivity index (χ2n) is 10.3. The quantitative estimate of drug-likeness (QED) is 0.332. The lowest BCUT2D eigenvalue weighted by atomic mass is 10.0. The molecule has 2 aliphatic rings. The standard InChI is InChI=1S/C29H30FN7O4/c1-41-23-8-7-19(30)13-21(23)27(38)32-14-17-3-5-18(6-4-17)22-16-37(25-24(22)26(31)33-34-28(25)39)20-9-12-36(15-20)29(40)35-10-2-11-35/h3-8,13,16,20H,2,9-12,14-15H2,1H3,(H2,31,33)(H,32,38)(H,34,39)/t20-/m1/s1. The number of methoxy groups -OCH3 is 1. The maximum absolute atomic E-state index is 13.7. The van der Waals surface area contributed by atoms with Crippen LogP contribution in [0.3, 0.4) is 0 Å². The molecule has 3 amide bonds. The van der Waals surface area contributed by atoms with Gasteiger partial charge in [-0.25, -0.2) is 14.3 Å². The summed E-state index contributed by atoms with van der Waals surface area (Å²) in [6, 6.07) is 11.3. The summed E-state index contributed by atoms with van der Waals surface area (Å²) in [6.45, 7) is 2.92. The summed E-state index contributed by atoms with van der Waals surface area (Å²) in [5.74, 6) is -0.489. The summed E-state index contributed by atoms with van der Waals surface area (Å²) in [7, 11) is 1.42. The van der Waals surface area contributed by atoms with E-state index in [0.29, 0.717) is 24.0 Å². The van der Waals surface area contributed by atoms with Crippen LogP contribution in [-0.4, -0.2) is 69.8 Å². The number of halogens is 1. The molecule has 11 nitrogen and oxygen atoms in total. The third-order valence-corrected chi connectivity index (χ3v) is 7.86. The third-order valence-electron chi connectivity index (χ3n) is 7.86. The maximum Gasteiger partial charge on any atom is 0.320 e. The average Bonchev–Trinajstić information content (AvgIpc) is 3.59. The van der Waals surface area contributed by atoms with Gasteiger partial charge in [0.15, 0.2) is 5.82 Å². The highest BCUT2D eigenvalue weighted by molar-refractivity contribution is 6.02. The zero-order valence-corrected chi connectivity index (χ0v) is 22.5. The van der Waals surface area contributed by atoms with Crippen LogP contribution < -0.4 is 21.3 Å². The number of benzene rings is 2. The Morgan fingerprint density at radius 2 is 1.93 bits per heavy atom.